The van der Waals surface area contributed by atoms with Gasteiger partial charge in [0.25, 0.3) is 0 Å². The summed E-state index contributed by atoms with van der Waals surface area (Å²) in [5.74, 6) is -0.301. The first-order valence-corrected chi connectivity index (χ1v) is 7.79. The molecule has 116 valence electrons. The number of nitrogens with one attached hydrogen (secondary N) is 1. The summed E-state index contributed by atoms with van der Waals surface area (Å²) in [6, 6.07) is -0.244. The summed E-state index contributed by atoms with van der Waals surface area (Å²) >= 11 is 0. The molecule has 0 unspecified atom stereocenters. The van der Waals surface area contributed by atoms with Gasteiger partial charge in [-0.1, -0.05) is 20.3 Å². The number of carboxylic acids is 1. The normalized spacial score (nSPS) is 26.1. The third-order valence-electron chi connectivity index (χ3n) is 4.45. The maximum atomic E-state index is 12.2. The summed E-state index contributed by atoms with van der Waals surface area (Å²) in [4.78, 5) is 25.6. The van der Waals surface area contributed by atoms with E-state index >= 15 is 0 Å². The average Bonchev–Trinajstić information content (AvgIpc) is 2.45. The first-order chi connectivity index (χ1) is 9.49. The predicted molar refractivity (Wildman–Crippen MR) is 78.7 cm³/mol. The van der Waals surface area contributed by atoms with Crippen LogP contribution in [0.1, 0.15) is 59.3 Å². The van der Waals surface area contributed by atoms with Gasteiger partial charge in [-0.25, -0.2) is 9.59 Å². The molecule has 0 spiro atoms. The highest BCUT2D eigenvalue weighted by Crippen LogP contribution is 2.34. The number of amides is 2. The van der Waals surface area contributed by atoms with E-state index in [0.717, 1.165) is 25.7 Å². The molecule has 0 saturated heterocycles. The molecular formula is C15H28N2O3. The molecule has 0 aromatic carbocycles. The first kappa shape index (κ1) is 16.8. The minimum absolute atomic E-state index is 0.244. The Morgan fingerprint density at radius 2 is 1.85 bits per heavy atom. The van der Waals surface area contributed by atoms with E-state index in [1.54, 1.807) is 4.90 Å². The van der Waals surface area contributed by atoms with Gasteiger partial charge >= 0.3 is 12.0 Å². The summed E-state index contributed by atoms with van der Waals surface area (Å²) in [5.41, 5.74) is -1.07. The van der Waals surface area contributed by atoms with Crippen LogP contribution < -0.4 is 5.32 Å². The van der Waals surface area contributed by atoms with E-state index in [9.17, 15) is 14.7 Å². The number of hydrogen-bond donors (Lipinski definition) is 2. The minimum Gasteiger partial charge on any atom is -0.480 e. The van der Waals surface area contributed by atoms with Gasteiger partial charge < -0.3 is 15.3 Å². The van der Waals surface area contributed by atoms with Gasteiger partial charge in [-0.15, -0.1) is 0 Å². The van der Waals surface area contributed by atoms with Crippen molar-refractivity contribution in [2.75, 3.05) is 13.1 Å². The lowest BCUT2D eigenvalue weighted by atomic mass is 9.75. The molecule has 0 bridgehead atoms. The van der Waals surface area contributed by atoms with Crippen molar-refractivity contribution in [3.05, 3.63) is 0 Å². The van der Waals surface area contributed by atoms with Gasteiger partial charge in [0.15, 0.2) is 0 Å². The second-order valence-electron chi connectivity index (χ2n) is 5.75. The zero-order valence-corrected chi connectivity index (χ0v) is 12.9. The van der Waals surface area contributed by atoms with Crippen LogP contribution in [0, 0.1) is 5.92 Å². The summed E-state index contributed by atoms with van der Waals surface area (Å²) in [5, 5.41) is 12.3. The number of hydrogen-bond acceptors (Lipinski definition) is 2. The fraction of sp³-hybridized carbons (Fsp3) is 0.867. The molecule has 1 aliphatic rings. The second kappa shape index (κ2) is 7.50. The van der Waals surface area contributed by atoms with Gasteiger partial charge in [-0.05, 0) is 44.9 Å². The van der Waals surface area contributed by atoms with Gasteiger partial charge in [0.2, 0.25) is 0 Å². The van der Waals surface area contributed by atoms with Crippen molar-refractivity contribution >= 4 is 12.0 Å². The van der Waals surface area contributed by atoms with Gasteiger partial charge in [0, 0.05) is 13.1 Å². The number of carbonyl (C=O) groups excluding carboxylic acids is 1. The number of carbonyl (C=O) groups is 2. The quantitative estimate of drug-likeness (QED) is 0.788. The fourth-order valence-corrected chi connectivity index (χ4v) is 2.93. The molecule has 1 saturated carbocycles. The van der Waals surface area contributed by atoms with Crippen molar-refractivity contribution < 1.29 is 14.7 Å². The SMILES string of the molecule is CCCN(CC)C(=O)NC1(C(=O)O)CCC(CC)CC1. The molecule has 20 heavy (non-hydrogen) atoms. The predicted octanol–water partition coefficient (Wildman–Crippen LogP) is 2.85. The molecule has 1 fully saturated rings. The van der Waals surface area contributed by atoms with Gasteiger partial charge in [0.05, 0.1) is 0 Å². The molecule has 0 heterocycles. The molecule has 0 radical (unpaired) electrons. The van der Waals surface area contributed by atoms with Crippen molar-refractivity contribution in [2.24, 2.45) is 5.92 Å². The highest BCUT2D eigenvalue weighted by atomic mass is 16.4. The Hall–Kier alpha value is -1.26. The molecule has 2 N–H and O–H groups in total. The Labute approximate surface area is 121 Å². The van der Waals surface area contributed by atoms with Crippen LogP contribution in [0.3, 0.4) is 0 Å². The van der Waals surface area contributed by atoms with E-state index in [-0.39, 0.29) is 6.03 Å². The molecule has 5 heteroatoms. The third kappa shape index (κ3) is 3.87. The van der Waals surface area contributed by atoms with Crippen molar-refractivity contribution in [1.29, 1.82) is 0 Å². The first-order valence-electron chi connectivity index (χ1n) is 7.79. The number of aliphatic carboxylic acids is 1. The van der Waals surface area contributed by atoms with Crippen LogP contribution in [0.25, 0.3) is 0 Å². The summed E-state index contributed by atoms with van der Waals surface area (Å²) in [7, 11) is 0. The highest BCUT2D eigenvalue weighted by Gasteiger charge is 2.43. The molecular weight excluding hydrogens is 256 g/mol. The maximum absolute atomic E-state index is 12.2. The third-order valence-corrected chi connectivity index (χ3v) is 4.45. The lowest BCUT2D eigenvalue weighted by Crippen LogP contribution is -2.59. The number of carboxylic acid groups (broad SMARTS) is 1. The fourth-order valence-electron chi connectivity index (χ4n) is 2.93. The van der Waals surface area contributed by atoms with Crippen molar-refractivity contribution in [3.63, 3.8) is 0 Å². The van der Waals surface area contributed by atoms with Crippen LogP contribution in [-0.4, -0.2) is 40.6 Å². The lowest BCUT2D eigenvalue weighted by Gasteiger charge is -2.38. The summed E-state index contributed by atoms with van der Waals surface area (Å²) in [6.45, 7) is 7.33. The summed E-state index contributed by atoms with van der Waals surface area (Å²) < 4.78 is 0. The van der Waals surface area contributed by atoms with Crippen LogP contribution >= 0.6 is 0 Å². The zero-order chi connectivity index (χ0) is 15.2. The smallest absolute Gasteiger partial charge is 0.329 e. The number of rotatable bonds is 6. The molecule has 0 atom stereocenters. The van der Waals surface area contributed by atoms with Crippen LogP contribution in [0.15, 0.2) is 0 Å². The van der Waals surface area contributed by atoms with Crippen LogP contribution in [0.5, 0.6) is 0 Å². The topological polar surface area (TPSA) is 69.6 Å². The van der Waals surface area contributed by atoms with Crippen molar-refractivity contribution in [2.45, 2.75) is 64.8 Å². The van der Waals surface area contributed by atoms with Crippen molar-refractivity contribution in [1.82, 2.24) is 10.2 Å². The average molecular weight is 284 g/mol. The molecule has 0 aromatic rings. The Morgan fingerprint density at radius 1 is 1.25 bits per heavy atom. The number of nitrogens with zero attached hydrogens (tertiary/aromatic N) is 1. The maximum Gasteiger partial charge on any atom is 0.329 e. The van der Waals surface area contributed by atoms with Gasteiger partial charge in [-0.3, -0.25) is 0 Å². The highest BCUT2D eigenvalue weighted by molar-refractivity contribution is 5.86. The van der Waals surface area contributed by atoms with E-state index in [2.05, 4.69) is 12.2 Å². The van der Waals surface area contributed by atoms with Crippen LogP contribution in [-0.2, 0) is 4.79 Å². The van der Waals surface area contributed by atoms with Crippen LogP contribution in [0.4, 0.5) is 4.79 Å². The minimum atomic E-state index is -1.07. The van der Waals surface area contributed by atoms with E-state index in [4.69, 9.17) is 0 Å². The van der Waals surface area contributed by atoms with Gasteiger partial charge in [-0.2, -0.15) is 0 Å². The Bertz CT molecular complexity index is 336. The van der Waals surface area contributed by atoms with E-state index in [1.807, 2.05) is 13.8 Å². The number of urea groups is 1. The monoisotopic (exact) mass is 284 g/mol. The molecule has 1 rings (SSSR count). The molecule has 1 aliphatic carbocycles. The Balaban J connectivity index is 2.73. The van der Waals surface area contributed by atoms with Gasteiger partial charge in [0.1, 0.15) is 5.54 Å². The van der Waals surface area contributed by atoms with Crippen molar-refractivity contribution in [3.8, 4) is 0 Å². The molecule has 0 aliphatic heterocycles. The zero-order valence-electron chi connectivity index (χ0n) is 12.9. The largest absolute Gasteiger partial charge is 0.480 e. The lowest BCUT2D eigenvalue weighted by molar-refractivity contribution is -0.146. The molecule has 2 amide bonds. The standard InChI is InChI=1S/C15H28N2O3/c1-4-11-17(6-3)14(20)16-15(13(18)19)9-7-12(5-2)8-10-15/h12H,4-11H2,1-3H3,(H,16,20)(H,18,19). The van der Waals surface area contributed by atoms with E-state index in [0.29, 0.717) is 31.8 Å². The van der Waals surface area contributed by atoms with E-state index in [1.165, 1.54) is 0 Å². The van der Waals surface area contributed by atoms with E-state index < -0.39 is 11.5 Å². The molecule has 0 aromatic heterocycles. The van der Waals surface area contributed by atoms with Crippen LogP contribution in [0.2, 0.25) is 0 Å². The molecule has 5 nitrogen and oxygen atoms in total. The summed E-state index contributed by atoms with van der Waals surface area (Å²) in [6.07, 6.45) is 4.79. The Morgan fingerprint density at radius 3 is 2.25 bits per heavy atom. The second-order valence-corrected chi connectivity index (χ2v) is 5.75. The Kier molecular flexibility index (Phi) is 6.30.